The number of thiazole rings is 1. The molecular formula is C16H10ClN3S. The van der Waals surface area contributed by atoms with Crippen LogP contribution in [0.1, 0.15) is 5.01 Å². The molecule has 0 aliphatic carbocycles. The molecule has 0 atom stereocenters. The summed E-state index contributed by atoms with van der Waals surface area (Å²) in [6.07, 6.45) is 1.66. The van der Waals surface area contributed by atoms with Crippen molar-refractivity contribution in [3.63, 3.8) is 0 Å². The van der Waals surface area contributed by atoms with Gasteiger partial charge in [-0.15, -0.1) is 11.3 Å². The molecule has 0 unspecified atom stereocenters. The van der Waals surface area contributed by atoms with Gasteiger partial charge in [0.1, 0.15) is 16.6 Å². The standard InChI is InChI=1S/C16H10ClN3S/c17-12-4-3-5-13(8-12)19-10-11(9-18)16-20-14-6-1-2-7-15(14)21-16/h1-8,10,19H. The smallest absolute Gasteiger partial charge is 0.136 e. The molecule has 1 N–H and O–H groups in total. The number of benzene rings is 2. The van der Waals surface area contributed by atoms with Crippen LogP contribution < -0.4 is 5.32 Å². The SMILES string of the molecule is N#CC(=CNc1cccc(Cl)c1)c1nc2ccccc2s1. The molecular weight excluding hydrogens is 302 g/mol. The first kappa shape index (κ1) is 13.6. The van der Waals surface area contributed by atoms with Gasteiger partial charge in [0.05, 0.1) is 10.2 Å². The van der Waals surface area contributed by atoms with Crippen LogP contribution in [0.2, 0.25) is 5.02 Å². The summed E-state index contributed by atoms with van der Waals surface area (Å²) in [6.45, 7) is 0. The van der Waals surface area contributed by atoms with Gasteiger partial charge in [-0.1, -0.05) is 29.8 Å². The number of halogens is 1. The van der Waals surface area contributed by atoms with Crippen molar-refractivity contribution in [2.75, 3.05) is 5.32 Å². The average molecular weight is 312 g/mol. The molecule has 0 fully saturated rings. The summed E-state index contributed by atoms with van der Waals surface area (Å²) in [7, 11) is 0. The maximum Gasteiger partial charge on any atom is 0.136 e. The summed E-state index contributed by atoms with van der Waals surface area (Å²) in [6, 6.07) is 17.3. The molecule has 102 valence electrons. The van der Waals surface area contributed by atoms with Crippen molar-refractivity contribution in [3.05, 3.63) is 64.8 Å². The molecule has 3 aromatic rings. The van der Waals surface area contributed by atoms with Gasteiger partial charge in [-0.2, -0.15) is 5.26 Å². The van der Waals surface area contributed by atoms with E-state index in [2.05, 4.69) is 16.4 Å². The van der Waals surface area contributed by atoms with Crippen molar-refractivity contribution >= 4 is 44.4 Å². The molecule has 0 aliphatic rings. The van der Waals surface area contributed by atoms with Crippen molar-refractivity contribution in [3.8, 4) is 6.07 Å². The molecule has 0 saturated carbocycles. The van der Waals surface area contributed by atoms with E-state index in [1.165, 1.54) is 11.3 Å². The van der Waals surface area contributed by atoms with Crippen LogP contribution in [-0.4, -0.2) is 4.98 Å². The lowest BCUT2D eigenvalue weighted by Gasteiger charge is -2.01. The Morgan fingerprint density at radius 2 is 2.10 bits per heavy atom. The van der Waals surface area contributed by atoms with Crippen LogP contribution in [0.5, 0.6) is 0 Å². The highest BCUT2D eigenvalue weighted by Crippen LogP contribution is 2.26. The molecule has 0 bridgehead atoms. The minimum Gasteiger partial charge on any atom is -0.360 e. The Morgan fingerprint density at radius 1 is 1.24 bits per heavy atom. The summed E-state index contributed by atoms with van der Waals surface area (Å²) in [4.78, 5) is 4.48. The minimum absolute atomic E-state index is 0.496. The number of nitrogens with zero attached hydrogens (tertiary/aromatic N) is 2. The van der Waals surface area contributed by atoms with Crippen molar-refractivity contribution in [2.45, 2.75) is 0 Å². The summed E-state index contributed by atoms with van der Waals surface area (Å²) in [5, 5.41) is 13.7. The maximum atomic E-state index is 9.32. The second kappa shape index (κ2) is 5.96. The molecule has 0 spiro atoms. The molecule has 1 heterocycles. The van der Waals surface area contributed by atoms with Gasteiger partial charge >= 0.3 is 0 Å². The number of nitrogens with one attached hydrogen (secondary N) is 1. The number of fused-ring (bicyclic) bond motifs is 1. The highest BCUT2D eigenvalue weighted by molar-refractivity contribution is 7.19. The van der Waals surface area contributed by atoms with Crippen LogP contribution in [-0.2, 0) is 0 Å². The average Bonchev–Trinajstić information content (AvgIpc) is 2.91. The van der Waals surface area contributed by atoms with Gasteiger partial charge in [0.2, 0.25) is 0 Å². The maximum absolute atomic E-state index is 9.32. The normalized spacial score (nSPS) is 11.3. The van der Waals surface area contributed by atoms with Gasteiger partial charge in [0.25, 0.3) is 0 Å². The highest BCUT2D eigenvalue weighted by atomic mass is 35.5. The second-order valence-electron chi connectivity index (χ2n) is 4.31. The van der Waals surface area contributed by atoms with Crippen molar-refractivity contribution in [2.24, 2.45) is 0 Å². The molecule has 5 heteroatoms. The lowest BCUT2D eigenvalue weighted by Crippen LogP contribution is -1.90. The predicted molar refractivity (Wildman–Crippen MR) is 88.3 cm³/mol. The number of para-hydroxylation sites is 1. The third-order valence-electron chi connectivity index (χ3n) is 2.85. The predicted octanol–water partition coefficient (Wildman–Crippen LogP) is 4.93. The van der Waals surface area contributed by atoms with E-state index >= 15 is 0 Å². The molecule has 0 amide bonds. The van der Waals surface area contributed by atoms with E-state index in [0.29, 0.717) is 15.6 Å². The van der Waals surface area contributed by atoms with Gasteiger partial charge in [-0.05, 0) is 30.3 Å². The Morgan fingerprint density at radius 3 is 2.86 bits per heavy atom. The number of nitriles is 1. The Kier molecular flexibility index (Phi) is 3.87. The Balaban J connectivity index is 1.91. The lowest BCUT2D eigenvalue weighted by molar-refractivity contribution is 1.42. The molecule has 3 rings (SSSR count). The summed E-state index contributed by atoms with van der Waals surface area (Å²) >= 11 is 7.43. The fourth-order valence-electron chi connectivity index (χ4n) is 1.86. The number of hydrogen-bond donors (Lipinski definition) is 1. The third-order valence-corrected chi connectivity index (χ3v) is 4.16. The number of rotatable bonds is 3. The zero-order chi connectivity index (χ0) is 14.7. The first-order chi connectivity index (χ1) is 10.3. The summed E-state index contributed by atoms with van der Waals surface area (Å²) < 4.78 is 1.07. The van der Waals surface area contributed by atoms with E-state index in [0.717, 1.165) is 15.9 Å². The van der Waals surface area contributed by atoms with E-state index < -0.39 is 0 Å². The van der Waals surface area contributed by atoms with Gasteiger partial charge < -0.3 is 5.32 Å². The molecule has 3 nitrogen and oxygen atoms in total. The van der Waals surface area contributed by atoms with Gasteiger partial charge in [0.15, 0.2) is 0 Å². The fourth-order valence-corrected chi connectivity index (χ4v) is 2.98. The van der Waals surface area contributed by atoms with Crippen LogP contribution in [0, 0.1) is 11.3 Å². The second-order valence-corrected chi connectivity index (χ2v) is 5.78. The van der Waals surface area contributed by atoms with E-state index in [4.69, 9.17) is 11.6 Å². The van der Waals surface area contributed by atoms with Crippen molar-refractivity contribution < 1.29 is 0 Å². The van der Waals surface area contributed by atoms with Gasteiger partial charge in [0, 0.05) is 16.9 Å². The molecule has 0 saturated heterocycles. The third kappa shape index (κ3) is 3.05. The van der Waals surface area contributed by atoms with Crippen LogP contribution in [0.25, 0.3) is 15.8 Å². The van der Waals surface area contributed by atoms with E-state index in [-0.39, 0.29) is 0 Å². The van der Waals surface area contributed by atoms with E-state index in [9.17, 15) is 5.26 Å². The highest BCUT2D eigenvalue weighted by Gasteiger charge is 2.08. The van der Waals surface area contributed by atoms with E-state index in [1.54, 1.807) is 18.3 Å². The first-order valence-electron chi connectivity index (χ1n) is 6.24. The largest absolute Gasteiger partial charge is 0.360 e. The van der Waals surface area contributed by atoms with Crippen molar-refractivity contribution in [1.82, 2.24) is 4.98 Å². The molecule has 21 heavy (non-hydrogen) atoms. The fraction of sp³-hybridized carbons (Fsp3) is 0. The van der Waals surface area contributed by atoms with Crippen LogP contribution in [0.3, 0.4) is 0 Å². The molecule has 0 radical (unpaired) electrons. The molecule has 0 aliphatic heterocycles. The van der Waals surface area contributed by atoms with Crippen LogP contribution in [0.4, 0.5) is 5.69 Å². The number of anilines is 1. The zero-order valence-corrected chi connectivity index (χ0v) is 12.4. The van der Waals surface area contributed by atoms with Gasteiger partial charge in [-0.3, -0.25) is 0 Å². The number of allylic oxidation sites excluding steroid dienone is 1. The topological polar surface area (TPSA) is 48.7 Å². The number of aromatic nitrogens is 1. The molecule has 2 aromatic carbocycles. The summed E-state index contributed by atoms with van der Waals surface area (Å²) in [5.74, 6) is 0. The molecule has 1 aromatic heterocycles. The van der Waals surface area contributed by atoms with Crippen LogP contribution >= 0.6 is 22.9 Å². The lowest BCUT2D eigenvalue weighted by atomic mass is 10.3. The quantitative estimate of drug-likeness (QED) is 0.698. The monoisotopic (exact) mass is 311 g/mol. The van der Waals surface area contributed by atoms with Gasteiger partial charge in [-0.25, -0.2) is 4.98 Å². The summed E-state index contributed by atoms with van der Waals surface area (Å²) in [5.41, 5.74) is 2.23. The Labute approximate surface area is 131 Å². The Hall–Kier alpha value is -2.35. The number of hydrogen-bond acceptors (Lipinski definition) is 4. The van der Waals surface area contributed by atoms with Crippen LogP contribution in [0.15, 0.2) is 54.7 Å². The minimum atomic E-state index is 0.496. The Bertz CT molecular complexity index is 828. The van der Waals surface area contributed by atoms with E-state index in [1.807, 2.05) is 36.4 Å². The van der Waals surface area contributed by atoms with Crippen molar-refractivity contribution in [1.29, 1.82) is 5.26 Å². The first-order valence-corrected chi connectivity index (χ1v) is 7.44. The zero-order valence-electron chi connectivity index (χ0n) is 10.9.